The van der Waals surface area contributed by atoms with E-state index in [0.29, 0.717) is 11.3 Å². The van der Waals surface area contributed by atoms with E-state index in [1.54, 1.807) is 30.0 Å². The molecule has 8 heteroatoms. The molecule has 3 aromatic rings. The fourth-order valence-corrected chi connectivity index (χ4v) is 1.69. The molecule has 0 fully saturated rings. The van der Waals surface area contributed by atoms with Gasteiger partial charge in [0, 0.05) is 12.4 Å². The number of rotatable bonds is 3. The van der Waals surface area contributed by atoms with E-state index in [2.05, 4.69) is 19.9 Å². The topological polar surface area (TPSA) is 91.7 Å². The summed E-state index contributed by atoms with van der Waals surface area (Å²) >= 11 is 0. The monoisotopic (exact) mass is 286 g/mol. The molecule has 21 heavy (non-hydrogen) atoms. The molecule has 0 amide bonds. The van der Waals surface area contributed by atoms with E-state index < -0.39 is 0 Å². The van der Waals surface area contributed by atoms with Crippen molar-refractivity contribution in [3.05, 3.63) is 48.3 Å². The summed E-state index contributed by atoms with van der Waals surface area (Å²) < 4.78 is 20.3. The van der Waals surface area contributed by atoms with Crippen LogP contribution in [0.4, 0.5) is 10.3 Å². The number of hydrogen-bond acceptors (Lipinski definition) is 6. The highest BCUT2D eigenvalue weighted by Gasteiger charge is 2.09. The van der Waals surface area contributed by atoms with E-state index in [9.17, 15) is 4.39 Å². The summed E-state index contributed by atoms with van der Waals surface area (Å²) in [5.41, 5.74) is 6.10. The maximum Gasteiger partial charge on any atom is 0.328 e. The molecule has 0 saturated carbocycles. The van der Waals surface area contributed by atoms with Gasteiger partial charge < -0.3 is 10.5 Å². The van der Waals surface area contributed by atoms with Crippen molar-refractivity contribution in [3.8, 4) is 17.7 Å². The number of benzene rings is 1. The van der Waals surface area contributed by atoms with Crippen LogP contribution in [0.5, 0.6) is 11.8 Å². The number of halogens is 1. The number of nitrogens with two attached hydrogens (primary N) is 1. The molecule has 2 heterocycles. The SMILES string of the molecule is Cc1cc(Oc2nc(N)nc(-n3ccnc3)n2)ccc1F. The van der Waals surface area contributed by atoms with Crippen molar-refractivity contribution in [1.82, 2.24) is 24.5 Å². The minimum absolute atomic E-state index is 0.0162. The molecule has 0 bridgehead atoms. The first kappa shape index (κ1) is 13.0. The van der Waals surface area contributed by atoms with Gasteiger partial charge in [-0.05, 0) is 30.7 Å². The molecule has 0 aliphatic carbocycles. The van der Waals surface area contributed by atoms with Crippen LogP contribution < -0.4 is 10.5 Å². The van der Waals surface area contributed by atoms with E-state index in [-0.39, 0.29) is 23.7 Å². The van der Waals surface area contributed by atoms with Crippen molar-refractivity contribution in [2.75, 3.05) is 5.73 Å². The number of aryl methyl sites for hydroxylation is 1. The first-order chi connectivity index (χ1) is 10.1. The van der Waals surface area contributed by atoms with Gasteiger partial charge in [-0.15, -0.1) is 0 Å². The molecule has 0 saturated heterocycles. The molecule has 0 atom stereocenters. The third-order valence-electron chi connectivity index (χ3n) is 2.69. The zero-order valence-corrected chi connectivity index (χ0v) is 11.1. The number of nitrogens with zero attached hydrogens (tertiary/aromatic N) is 5. The Hall–Kier alpha value is -3.03. The molecular formula is C13H11FN6O. The number of anilines is 1. The van der Waals surface area contributed by atoms with E-state index in [0.717, 1.165) is 0 Å². The van der Waals surface area contributed by atoms with Gasteiger partial charge in [-0.3, -0.25) is 4.57 Å². The Labute approximate surface area is 119 Å². The Kier molecular flexibility index (Phi) is 3.19. The van der Waals surface area contributed by atoms with Crippen LogP contribution in [-0.2, 0) is 0 Å². The second-order valence-corrected chi connectivity index (χ2v) is 4.26. The lowest BCUT2D eigenvalue weighted by Crippen LogP contribution is -2.06. The average Bonchev–Trinajstić information content (AvgIpc) is 2.96. The molecule has 106 valence electrons. The van der Waals surface area contributed by atoms with Crippen molar-refractivity contribution in [3.63, 3.8) is 0 Å². The van der Waals surface area contributed by atoms with Crippen LogP contribution in [0.15, 0.2) is 36.9 Å². The number of aromatic nitrogens is 5. The summed E-state index contributed by atoms with van der Waals surface area (Å²) in [6, 6.07) is 4.37. The molecule has 3 rings (SSSR count). The molecule has 1 aromatic carbocycles. The lowest BCUT2D eigenvalue weighted by molar-refractivity contribution is 0.437. The van der Waals surface area contributed by atoms with Crippen molar-refractivity contribution in [1.29, 1.82) is 0 Å². The van der Waals surface area contributed by atoms with Crippen molar-refractivity contribution >= 4 is 5.95 Å². The minimum atomic E-state index is -0.309. The fourth-order valence-electron chi connectivity index (χ4n) is 1.69. The van der Waals surface area contributed by atoms with Crippen LogP contribution in [0.3, 0.4) is 0 Å². The van der Waals surface area contributed by atoms with E-state index >= 15 is 0 Å². The van der Waals surface area contributed by atoms with Gasteiger partial charge in [0.25, 0.3) is 0 Å². The summed E-state index contributed by atoms with van der Waals surface area (Å²) in [7, 11) is 0. The zero-order valence-electron chi connectivity index (χ0n) is 11.1. The lowest BCUT2D eigenvalue weighted by Gasteiger charge is -2.07. The zero-order chi connectivity index (χ0) is 14.8. The van der Waals surface area contributed by atoms with Gasteiger partial charge >= 0.3 is 6.01 Å². The van der Waals surface area contributed by atoms with Crippen LogP contribution in [-0.4, -0.2) is 24.5 Å². The molecule has 2 N–H and O–H groups in total. The maximum absolute atomic E-state index is 13.2. The Morgan fingerprint density at radius 1 is 1.24 bits per heavy atom. The molecule has 0 unspecified atom stereocenters. The fraction of sp³-hybridized carbons (Fsp3) is 0.0769. The Bertz CT molecular complexity index is 774. The average molecular weight is 286 g/mol. The largest absolute Gasteiger partial charge is 0.424 e. The van der Waals surface area contributed by atoms with Crippen molar-refractivity contribution in [2.24, 2.45) is 0 Å². The van der Waals surface area contributed by atoms with Crippen LogP contribution in [0.2, 0.25) is 0 Å². The second kappa shape index (κ2) is 5.16. The van der Waals surface area contributed by atoms with Gasteiger partial charge in [0.1, 0.15) is 17.9 Å². The highest BCUT2D eigenvalue weighted by Crippen LogP contribution is 2.21. The van der Waals surface area contributed by atoms with Gasteiger partial charge in [-0.1, -0.05) is 0 Å². The van der Waals surface area contributed by atoms with Gasteiger partial charge in [0.15, 0.2) is 0 Å². The number of imidazole rings is 1. The van der Waals surface area contributed by atoms with Crippen LogP contribution in [0.1, 0.15) is 5.56 Å². The van der Waals surface area contributed by atoms with Crippen molar-refractivity contribution in [2.45, 2.75) is 6.92 Å². The van der Waals surface area contributed by atoms with Gasteiger partial charge in [0.05, 0.1) is 0 Å². The molecule has 0 spiro atoms. The lowest BCUT2D eigenvalue weighted by atomic mass is 10.2. The highest BCUT2D eigenvalue weighted by molar-refractivity contribution is 5.32. The summed E-state index contributed by atoms with van der Waals surface area (Å²) in [4.78, 5) is 15.9. The Morgan fingerprint density at radius 2 is 2.10 bits per heavy atom. The predicted octanol–water partition coefficient (Wildman–Crippen LogP) is 1.88. The summed E-state index contributed by atoms with van der Waals surface area (Å²) in [5.74, 6) is 0.407. The van der Waals surface area contributed by atoms with Crippen molar-refractivity contribution < 1.29 is 9.13 Å². The number of ether oxygens (including phenoxy) is 1. The summed E-state index contributed by atoms with van der Waals surface area (Å²) in [6.45, 7) is 1.64. The number of hydrogen-bond donors (Lipinski definition) is 1. The van der Waals surface area contributed by atoms with Crippen LogP contribution >= 0.6 is 0 Å². The van der Waals surface area contributed by atoms with Crippen LogP contribution in [0.25, 0.3) is 5.95 Å². The third kappa shape index (κ3) is 2.78. The third-order valence-corrected chi connectivity index (χ3v) is 2.69. The smallest absolute Gasteiger partial charge is 0.328 e. The Balaban J connectivity index is 1.93. The molecule has 2 aromatic heterocycles. The normalized spacial score (nSPS) is 10.6. The number of nitrogen functional groups attached to an aromatic ring is 1. The summed E-state index contributed by atoms with van der Waals surface area (Å²) in [5, 5.41) is 0. The van der Waals surface area contributed by atoms with E-state index in [4.69, 9.17) is 10.5 Å². The van der Waals surface area contributed by atoms with Gasteiger partial charge in [-0.2, -0.15) is 15.0 Å². The highest BCUT2D eigenvalue weighted by atomic mass is 19.1. The van der Waals surface area contributed by atoms with E-state index in [1.807, 2.05) is 0 Å². The summed E-state index contributed by atoms with van der Waals surface area (Å²) in [6.07, 6.45) is 4.78. The quantitative estimate of drug-likeness (QED) is 0.790. The first-order valence-electron chi connectivity index (χ1n) is 6.06. The molecule has 0 aliphatic rings. The van der Waals surface area contributed by atoms with Gasteiger partial charge in [0.2, 0.25) is 11.9 Å². The van der Waals surface area contributed by atoms with Crippen LogP contribution in [0, 0.1) is 12.7 Å². The predicted molar refractivity (Wildman–Crippen MR) is 72.6 cm³/mol. The Morgan fingerprint density at radius 3 is 2.81 bits per heavy atom. The second-order valence-electron chi connectivity index (χ2n) is 4.26. The standard InChI is InChI=1S/C13H11FN6O/c1-8-6-9(2-3-10(8)14)21-13-18-11(15)17-12(19-13)20-5-4-16-7-20/h2-7H,1H3,(H2,15,17,18,19). The first-order valence-corrected chi connectivity index (χ1v) is 6.06. The maximum atomic E-state index is 13.2. The molecule has 0 aliphatic heterocycles. The molecule has 7 nitrogen and oxygen atoms in total. The molecule has 0 radical (unpaired) electrons. The van der Waals surface area contributed by atoms with E-state index in [1.165, 1.54) is 18.5 Å². The van der Waals surface area contributed by atoms with Gasteiger partial charge in [-0.25, -0.2) is 9.37 Å². The minimum Gasteiger partial charge on any atom is -0.424 e. The molecular weight excluding hydrogens is 275 g/mol.